The highest BCUT2D eigenvalue weighted by molar-refractivity contribution is 7.12. The van der Waals surface area contributed by atoms with Gasteiger partial charge in [-0.25, -0.2) is 0 Å². The minimum atomic E-state index is 0.384. The molecule has 1 atom stereocenters. The molecule has 0 radical (unpaired) electrons. The van der Waals surface area contributed by atoms with Crippen LogP contribution < -0.4 is 5.32 Å². The van der Waals surface area contributed by atoms with Gasteiger partial charge in [-0.3, -0.25) is 4.68 Å². The molecule has 1 unspecified atom stereocenters. The Morgan fingerprint density at radius 3 is 2.83 bits per heavy atom. The van der Waals surface area contributed by atoms with Crippen LogP contribution in [0.3, 0.4) is 0 Å². The second-order valence-corrected chi connectivity index (χ2v) is 6.07. The van der Waals surface area contributed by atoms with Crippen molar-refractivity contribution in [2.45, 2.75) is 46.8 Å². The molecule has 2 heterocycles. The van der Waals surface area contributed by atoms with Crippen molar-refractivity contribution < 1.29 is 0 Å². The molecule has 2 rings (SSSR count). The molecule has 0 spiro atoms. The topological polar surface area (TPSA) is 29.9 Å². The summed E-state index contributed by atoms with van der Waals surface area (Å²) in [5.74, 6) is 0. The van der Waals surface area contributed by atoms with E-state index in [9.17, 15) is 0 Å². The van der Waals surface area contributed by atoms with Gasteiger partial charge in [0.05, 0.1) is 5.69 Å². The first-order chi connectivity index (χ1) is 8.61. The van der Waals surface area contributed by atoms with Crippen LogP contribution >= 0.6 is 11.3 Å². The van der Waals surface area contributed by atoms with E-state index in [4.69, 9.17) is 0 Å². The van der Waals surface area contributed by atoms with E-state index in [0.29, 0.717) is 6.04 Å². The average molecular weight is 263 g/mol. The summed E-state index contributed by atoms with van der Waals surface area (Å²) in [6.45, 7) is 10.5. The van der Waals surface area contributed by atoms with Gasteiger partial charge < -0.3 is 5.32 Å². The lowest BCUT2D eigenvalue weighted by molar-refractivity contribution is 0.531. The van der Waals surface area contributed by atoms with Crippen LogP contribution in [-0.2, 0) is 13.1 Å². The summed E-state index contributed by atoms with van der Waals surface area (Å²) in [5, 5.41) is 7.86. The molecule has 0 aromatic carbocycles. The van der Waals surface area contributed by atoms with Gasteiger partial charge in [0.25, 0.3) is 0 Å². The summed E-state index contributed by atoms with van der Waals surface area (Å²) in [5.41, 5.74) is 2.66. The van der Waals surface area contributed by atoms with E-state index < -0.39 is 0 Å². The molecule has 2 aromatic heterocycles. The van der Waals surface area contributed by atoms with Crippen LogP contribution in [0.25, 0.3) is 0 Å². The maximum atomic E-state index is 4.29. The molecular formula is C14H21N3S. The summed E-state index contributed by atoms with van der Waals surface area (Å²) in [4.78, 5) is 2.80. The van der Waals surface area contributed by atoms with Crippen molar-refractivity contribution in [1.82, 2.24) is 15.1 Å². The molecular weight excluding hydrogens is 242 g/mol. The van der Waals surface area contributed by atoms with Crippen LogP contribution in [0.5, 0.6) is 0 Å². The van der Waals surface area contributed by atoms with E-state index >= 15 is 0 Å². The molecule has 2 aromatic rings. The first-order valence-corrected chi connectivity index (χ1v) is 7.24. The Kier molecular flexibility index (Phi) is 4.19. The van der Waals surface area contributed by atoms with Gasteiger partial charge in [0.2, 0.25) is 0 Å². The SMILES string of the molecule is CCn1nccc1CNC(C)c1cc(C)sc1C. The Morgan fingerprint density at radius 1 is 1.44 bits per heavy atom. The third kappa shape index (κ3) is 2.82. The standard InChI is InChI=1S/C14H21N3S/c1-5-17-13(6-7-16-17)9-15-11(3)14-8-10(2)18-12(14)4/h6-8,11,15H,5,9H2,1-4H3. The average Bonchev–Trinajstić information content (AvgIpc) is 2.92. The molecule has 0 bridgehead atoms. The van der Waals surface area contributed by atoms with Crippen molar-refractivity contribution in [2.75, 3.05) is 0 Å². The fraction of sp³-hybridized carbons (Fsp3) is 0.500. The van der Waals surface area contributed by atoms with Gasteiger partial charge in [-0.2, -0.15) is 5.10 Å². The molecule has 98 valence electrons. The van der Waals surface area contributed by atoms with E-state index in [0.717, 1.165) is 13.1 Å². The lowest BCUT2D eigenvalue weighted by atomic mass is 10.1. The monoisotopic (exact) mass is 263 g/mol. The van der Waals surface area contributed by atoms with E-state index in [-0.39, 0.29) is 0 Å². The van der Waals surface area contributed by atoms with Crippen LogP contribution in [0.1, 0.15) is 40.9 Å². The zero-order chi connectivity index (χ0) is 13.1. The maximum Gasteiger partial charge on any atom is 0.0522 e. The molecule has 0 aliphatic rings. The normalized spacial score (nSPS) is 12.9. The van der Waals surface area contributed by atoms with Crippen LogP contribution in [0, 0.1) is 13.8 Å². The van der Waals surface area contributed by atoms with Crippen molar-refractivity contribution in [2.24, 2.45) is 0 Å². The van der Waals surface area contributed by atoms with Gasteiger partial charge in [0.1, 0.15) is 0 Å². The highest BCUT2D eigenvalue weighted by Gasteiger charge is 2.11. The second kappa shape index (κ2) is 5.67. The van der Waals surface area contributed by atoms with Gasteiger partial charge in [-0.1, -0.05) is 0 Å². The van der Waals surface area contributed by atoms with E-state index in [1.54, 1.807) is 0 Å². The molecule has 18 heavy (non-hydrogen) atoms. The molecule has 0 saturated carbocycles. The highest BCUT2D eigenvalue weighted by Crippen LogP contribution is 2.26. The Hall–Kier alpha value is -1.13. The Morgan fingerprint density at radius 2 is 2.22 bits per heavy atom. The zero-order valence-electron chi connectivity index (χ0n) is 11.5. The summed E-state index contributed by atoms with van der Waals surface area (Å²) in [7, 11) is 0. The third-order valence-electron chi connectivity index (χ3n) is 3.24. The smallest absolute Gasteiger partial charge is 0.0522 e. The third-order valence-corrected chi connectivity index (χ3v) is 4.22. The molecule has 0 saturated heterocycles. The Labute approximate surface area is 113 Å². The highest BCUT2D eigenvalue weighted by atomic mass is 32.1. The van der Waals surface area contributed by atoms with Crippen molar-refractivity contribution in [3.8, 4) is 0 Å². The number of hydrogen-bond acceptors (Lipinski definition) is 3. The number of nitrogens with zero attached hydrogens (tertiary/aromatic N) is 2. The predicted octanol–water partition coefficient (Wildman–Crippen LogP) is 3.43. The molecule has 0 amide bonds. The van der Waals surface area contributed by atoms with Crippen molar-refractivity contribution in [3.05, 3.63) is 39.3 Å². The number of nitrogens with one attached hydrogen (secondary N) is 1. The number of hydrogen-bond donors (Lipinski definition) is 1. The molecule has 0 aliphatic heterocycles. The van der Waals surface area contributed by atoms with Crippen LogP contribution in [0.2, 0.25) is 0 Å². The lowest BCUT2D eigenvalue weighted by Gasteiger charge is -2.14. The summed E-state index contributed by atoms with van der Waals surface area (Å²) >= 11 is 1.87. The summed E-state index contributed by atoms with van der Waals surface area (Å²) in [6.07, 6.45) is 1.87. The van der Waals surface area contributed by atoms with E-state index in [1.165, 1.54) is 21.0 Å². The quantitative estimate of drug-likeness (QED) is 0.895. The first kappa shape index (κ1) is 13.3. The van der Waals surface area contributed by atoms with E-state index in [1.807, 2.05) is 22.2 Å². The lowest BCUT2D eigenvalue weighted by Crippen LogP contribution is -2.20. The number of aryl methyl sites for hydroxylation is 3. The van der Waals surface area contributed by atoms with Gasteiger partial charge in [-0.05, 0) is 45.4 Å². The van der Waals surface area contributed by atoms with Crippen molar-refractivity contribution >= 4 is 11.3 Å². The second-order valence-electron chi connectivity index (χ2n) is 4.61. The van der Waals surface area contributed by atoms with Crippen molar-refractivity contribution in [3.63, 3.8) is 0 Å². The summed E-state index contributed by atoms with van der Waals surface area (Å²) in [6, 6.07) is 4.75. The van der Waals surface area contributed by atoms with Gasteiger partial charge in [0.15, 0.2) is 0 Å². The number of aromatic nitrogens is 2. The first-order valence-electron chi connectivity index (χ1n) is 6.42. The fourth-order valence-electron chi connectivity index (χ4n) is 2.24. The summed E-state index contributed by atoms with van der Waals surface area (Å²) < 4.78 is 2.03. The number of thiophene rings is 1. The molecule has 3 nitrogen and oxygen atoms in total. The Bertz CT molecular complexity index is 513. The zero-order valence-corrected chi connectivity index (χ0v) is 12.3. The van der Waals surface area contributed by atoms with Gasteiger partial charge >= 0.3 is 0 Å². The molecule has 0 aliphatic carbocycles. The van der Waals surface area contributed by atoms with Crippen LogP contribution in [-0.4, -0.2) is 9.78 Å². The minimum absolute atomic E-state index is 0.384. The maximum absolute atomic E-state index is 4.29. The van der Waals surface area contributed by atoms with Crippen molar-refractivity contribution in [1.29, 1.82) is 0 Å². The largest absolute Gasteiger partial charge is 0.305 e. The van der Waals surface area contributed by atoms with Gasteiger partial charge in [0, 0.05) is 35.1 Å². The molecule has 1 N–H and O–H groups in total. The molecule has 0 fully saturated rings. The minimum Gasteiger partial charge on any atom is -0.305 e. The van der Waals surface area contributed by atoms with Gasteiger partial charge in [-0.15, -0.1) is 11.3 Å². The van der Waals surface area contributed by atoms with Crippen LogP contribution in [0.4, 0.5) is 0 Å². The van der Waals surface area contributed by atoms with Crippen LogP contribution in [0.15, 0.2) is 18.3 Å². The fourth-order valence-corrected chi connectivity index (χ4v) is 3.27. The predicted molar refractivity (Wildman–Crippen MR) is 76.9 cm³/mol. The Balaban J connectivity index is 2.00. The number of rotatable bonds is 5. The molecule has 4 heteroatoms. The van der Waals surface area contributed by atoms with E-state index in [2.05, 4.69) is 50.2 Å².